The largest absolute Gasteiger partial charge is 0.339 e. The highest BCUT2D eigenvalue weighted by molar-refractivity contribution is 9.10. The maximum absolute atomic E-state index is 12.5. The van der Waals surface area contributed by atoms with E-state index < -0.39 is 0 Å². The Morgan fingerprint density at radius 2 is 1.84 bits per heavy atom. The van der Waals surface area contributed by atoms with Gasteiger partial charge in [0.05, 0.1) is 17.0 Å². The Bertz CT molecular complexity index is 791. The van der Waals surface area contributed by atoms with Crippen LogP contribution < -0.4 is 0 Å². The highest BCUT2D eigenvalue weighted by Gasteiger charge is 2.35. The van der Waals surface area contributed by atoms with Crippen LogP contribution in [-0.2, 0) is 16.0 Å². The van der Waals surface area contributed by atoms with E-state index in [1.54, 1.807) is 22.7 Å². The van der Waals surface area contributed by atoms with E-state index >= 15 is 0 Å². The average molecular weight is 440 g/mol. The number of thiophene rings is 1. The molecular weight excluding hydrogens is 422 g/mol. The van der Waals surface area contributed by atoms with Crippen LogP contribution in [0.5, 0.6) is 0 Å². The van der Waals surface area contributed by atoms with Gasteiger partial charge in [0.2, 0.25) is 11.8 Å². The lowest BCUT2D eigenvalue weighted by molar-refractivity contribution is -0.140. The van der Waals surface area contributed by atoms with Crippen molar-refractivity contribution in [3.8, 4) is 9.88 Å². The molecule has 3 heterocycles. The van der Waals surface area contributed by atoms with E-state index in [0.717, 1.165) is 32.9 Å². The minimum atomic E-state index is 0.0998. The van der Waals surface area contributed by atoms with Crippen molar-refractivity contribution in [1.82, 2.24) is 14.8 Å². The van der Waals surface area contributed by atoms with Crippen LogP contribution in [0.15, 0.2) is 21.3 Å². The predicted molar refractivity (Wildman–Crippen MR) is 103 cm³/mol. The molecule has 25 heavy (non-hydrogen) atoms. The predicted octanol–water partition coefficient (Wildman–Crippen LogP) is 3.26. The Kier molecular flexibility index (Phi) is 4.92. The maximum atomic E-state index is 12.5. The van der Waals surface area contributed by atoms with Gasteiger partial charge < -0.3 is 9.80 Å². The number of amides is 2. The van der Waals surface area contributed by atoms with Crippen LogP contribution in [0.2, 0.25) is 0 Å². The lowest BCUT2D eigenvalue weighted by Gasteiger charge is -2.34. The summed E-state index contributed by atoms with van der Waals surface area (Å²) in [5.74, 6) is 0.633. The molecular formula is C17H18BrN3O2S2. The van der Waals surface area contributed by atoms with E-state index in [1.807, 2.05) is 26.6 Å². The minimum Gasteiger partial charge on any atom is -0.339 e. The first kappa shape index (κ1) is 17.2. The first-order valence-electron chi connectivity index (χ1n) is 8.35. The number of carbonyl (C=O) groups excluding carboxylic acids is 2. The number of nitrogens with zero attached hydrogens (tertiary/aromatic N) is 3. The monoisotopic (exact) mass is 439 g/mol. The smallest absolute Gasteiger partial charge is 0.228 e. The lowest BCUT2D eigenvalue weighted by atomic mass is 10.2. The molecule has 132 valence electrons. The molecule has 4 rings (SSSR count). The van der Waals surface area contributed by atoms with E-state index in [1.165, 1.54) is 0 Å². The Balaban J connectivity index is 1.32. The Morgan fingerprint density at radius 1 is 1.12 bits per heavy atom. The topological polar surface area (TPSA) is 53.5 Å². The van der Waals surface area contributed by atoms with Crippen molar-refractivity contribution in [1.29, 1.82) is 0 Å². The highest BCUT2D eigenvalue weighted by atomic mass is 79.9. The number of thiazole rings is 1. The SMILES string of the molecule is O=C(Cc1csc(-c2cc(Br)cs2)n1)N1CCN(C(=O)C2CC2)CC1. The molecule has 0 spiro atoms. The molecule has 8 heteroatoms. The summed E-state index contributed by atoms with van der Waals surface area (Å²) in [5.41, 5.74) is 0.825. The number of aromatic nitrogens is 1. The van der Waals surface area contributed by atoms with Crippen LogP contribution in [0.1, 0.15) is 18.5 Å². The fourth-order valence-corrected chi connectivity index (χ4v) is 5.29. The van der Waals surface area contributed by atoms with Crippen molar-refractivity contribution < 1.29 is 9.59 Å². The van der Waals surface area contributed by atoms with E-state index in [9.17, 15) is 9.59 Å². The normalized spacial score (nSPS) is 17.8. The molecule has 2 amide bonds. The van der Waals surface area contributed by atoms with E-state index in [4.69, 9.17) is 0 Å². The molecule has 1 saturated heterocycles. The highest BCUT2D eigenvalue weighted by Crippen LogP contribution is 2.32. The van der Waals surface area contributed by atoms with Gasteiger partial charge in [-0.2, -0.15) is 0 Å². The number of hydrogen-bond acceptors (Lipinski definition) is 5. The van der Waals surface area contributed by atoms with Gasteiger partial charge in [-0.25, -0.2) is 4.98 Å². The molecule has 0 N–H and O–H groups in total. The molecule has 0 atom stereocenters. The van der Waals surface area contributed by atoms with Crippen LogP contribution >= 0.6 is 38.6 Å². The summed E-state index contributed by atoms with van der Waals surface area (Å²) < 4.78 is 1.05. The molecule has 0 radical (unpaired) electrons. The van der Waals surface area contributed by atoms with Crippen molar-refractivity contribution in [2.75, 3.05) is 26.2 Å². The van der Waals surface area contributed by atoms with Crippen LogP contribution in [-0.4, -0.2) is 52.8 Å². The van der Waals surface area contributed by atoms with Crippen molar-refractivity contribution in [3.63, 3.8) is 0 Å². The van der Waals surface area contributed by atoms with Crippen LogP contribution in [0.3, 0.4) is 0 Å². The molecule has 1 aliphatic carbocycles. The van der Waals surface area contributed by atoms with Crippen LogP contribution in [0.4, 0.5) is 0 Å². The fraction of sp³-hybridized carbons (Fsp3) is 0.471. The van der Waals surface area contributed by atoms with Gasteiger partial charge in [-0.15, -0.1) is 22.7 Å². The van der Waals surface area contributed by atoms with E-state index in [0.29, 0.717) is 32.6 Å². The number of carbonyl (C=O) groups is 2. The maximum Gasteiger partial charge on any atom is 0.228 e. The van der Waals surface area contributed by atoms with Crippen LogP contribution in [0, 0.1) is 5.92 Å². The number of halogens is 1. The van der Waals surface area contributed by atoms with Crippen molar-refractivity contribution in [2.45, 2.75) is 19.3 Å². The summed E-state index contributed by atoms with van der Waals surface area (Å²) in [6, 6.07) is 2.05. The summed E-state index contributed by atoms with van der Waals surface area (Å²) in [6.45, 7) is 2.58. The first-order chi connectivity index (χ1) is 12.1. The number of rotatable bonds is 4. The van der Waals surface area contributed by atoms with Gasteiger partial charge in [-0.1, -0.05) is 0 Å². The van der Waals surface area contributed by atoms with Gasteiger partial charge in [-0.05, 0) is 34.8 Å². The second kappa shape index (κ2) is 7.17. The van der Waals surface area contributed by atoms with Crippen molar-refractivity contribution in [2.24, 2.45) is 5.92 Å². The first-order valence-corrected chi connectivity index (χ1v) is 10.9. The second-order valence-electron chi connectivity index (χ2n) is 6.43. The standard InChI is InChI=1S/C17H18BrN3O2S2/c18-12-7-14(24-9-12)16-19-13(10-25-16)8-15(22)20-3-5-21(6-4-20)17(23)11-1-2-11/h7,9-11H,1-6,8H2. The molecule has 2 aromatic rings. The zero-order valence-corrected chi connectivity index (χ0v) is 16.8. The zero-order valence-electron chi connectivity index (χ0n) is 13.6. The lowest BCUT2D eigenvalue weighted by Crippen LogP contribution is -2.51. The summed E-state index contributed by atoms with van der Waals surface area (Å²) in [4.78, 5) is 34.1. The Morgan fingerprint density at radius 3 is 2.48 bits per heavy atom. The third-order valence-corrected chi connectivity index (χ3v) is 7.28. The van der Waals surface area contributed by atoms with Gasteiger partial charge >= 0.3 is 0 Å². The second-order valence-corrected chi connectivity index (χ2v) is 9.12. The quantitative estimate of drug-likeness (QED) is 0.734. The molecule has 0 aromatic carbocycles. The summed E-state index contributed by atoms with van der Waals surface area (Å²) in [7, 11) is 0. The van der Waals surface area contributed by atoms with Crippen molar-refractivity contribution >= 4 is 50.4 Å². The van der Waals surface area contributed by atoms with E-state index in [-0.39, 0.29) is 17.7 Å². The molecule has 1 aliphatic heterocycles. The zero-order chi connectivity index (χ0) is 17.4. The molecule has 1 saturated carbocycles. The minimum absolute atomic E-state index is 0.0998. The molecule has 2 aromatic heterocycles. The fourth-order valence-electron chi connectivity index (χ4n) is 2.96. The summed E-state index contributed by atoms with van der Waals surface area (Å²) >= 11 is 6.67. The van der Waals surface area contributed by atoms with Gasteiger partial charge in [0, 0.05) is 47.3 Å². The molecule has 2 fully saturated rings. The number of piperazine rings is 1. The number of hydrogen-bond donors (Lipinski definition) is 0. The molecule has 2 aliphatic rings. The summed E-state index contributed by atoms with van der Waals surface area (Å²) in [6.07, 6.45) is 2.40. The summed E-state index contributed by atoms with van der Waals surface area (Å²) in [5, 5.41) is 4.95. The average Bonchev–Trinajstić information content (AvgIpc) is 3.22. The van der Waals surface area contributed by atoms with E-state index in [2.05, 4.69) is 20.9 Å². The van der Waals surface area contributed by atoms with Gasteiger partial charge in [0.15, 0.2) is 0 Å². The Hall–Kier alpha value is -1.25. The Labute approximate surface area is 162 Å². The van der Waals surface area contributed by atoms with Gasteiger partial charge in [0.25, 0.3) is 0 Å². The molecule has 5 nitrogen and oxygen atoms in total. The van der Waals surface area contributed by atoms with Crippen LogP contribution in [0.25, 0.3) is 9.88 Å². The van der Waals surface area contributed by atoms with Gasteiger partial charge in [0.1, 0.15) is 5.01 Å². The van der Waals surface area contributed by atoms with Crippen molar-refractivity contribution in [3.05, 3.63) is 27.0 Å². The third kappa shape index (κ3) is 3.96. The molecule has 0 unspecified atom stereocenters. The van der Waals surface area contributed by atoms with Gasteiger partial charge in [-0.3, -0.25) is 9.59 Å². The third-order valence-electron chi connectivity index (χ3n) is 4.53. The molecule has 0 bridgehead atoms.